The highest BCUT2D eigenvalue weighted by Crippen LogP contribution is 1.98. The van der Waals surface area contributed by atoms with E-state index in [1.165, 1.54) is 0 Å². The second-order valence-corrected chi connectivity index (χ2v) is 7.70. The molecule has 6 N–H and O–H groups in total. The SMILES string of the molecule is O=C(CNC(=O)CNC(=O)c1ccccc1)NCCCNC(=O)CNC(=O)CNC(=O)c1ccccc1. The number of carbonyl (C=O) groups is 6. The molecule has 0 aliphatic carbocycles. The molecule has 0 saturated heterocycles. The summed E-state index contributed by atoms with van der Waals surface area (Å²) in [5.41, 5.74) is 0.852. The summed E-state index contributed by atoms with van der Waals surface area (Å²) in [6.07, 6.45) is 0.430. The molecule has 2 aromatic carbocycles. The van der Waals surface area contributed by atoms with Crippen LogP contribution in [0.3, 0.4) is 0 Å². The van der Waals surface area contributed by atoms with E-state index in [9.17, 15) is 28.8 Å². The van der Waals surface area contributed by atoms with E-state index in [4.69, 9.17) is 0 Å². The molecule has 0 aromatic heterocycles. The van der Waals surface area contributed by atoms with Gasteiger partial charge in [-0.2, -0.15) is 0 Å². The van der Waals surface area contributed by atoms with Crippen LogP contribution < -0.4 is 31.9 Å². The van der Waals surface area contributed by atoms with Gasteiger partial charge in [-0.25, -0.2) is 0 Å². The largest absolute Gasteiger partial charge is 0.355 e. The van der Waals surface area contributed by atoms with Gasteiger partial charge in [0.2, 0.25) is 23.6 Å². The van der Waals surface area contributed by atoms with Crippen LogP contribution >= 0.6 is 0 Å². The van der Waals surface area contributed by atoms with Gasteiger partial charge in [-0.15, -0.1) is 0 Å². The van der Waals surface area contributed by atoms with Crippen molar-refractivity contribution in [2.45, 2.75) is 6.42 Å². The van der Waals surface area contributed by atoms with Gasteiger partial charge in [0.25, 0.3) is 11.8 Å². The summed E-state index contributed by atoms with van der Waals surface area (Å²) >= 11 is 0. The quantitative estimate of drug-likeness (QED) is 0.172. The van der Waals surface area contributed by atoms with Crippen LogP contribution in [0, 0.1) is 0 Å². The van der Waals surface area contributed by atoms with Crippen molar-refractivity contribution in [1.82, 2.24) is 31.9 Å². The summed E-state index contributed by atoms with van der Waals surface area (Å²) in [6.45, 7) is -0.500. The van der Waals surface area contributed by atoms with Gasteiger partial charge in [0, 0.05) is 24.2 Å². The average molecular weight is 511 g/mol. The van der Waals surface area contributed by atoms with E-state index in [1.54, 1.807) is 60.7 Å². The minimum absolute atomic E-state index is 0.251. The van der Waals surface area contributed by atoms with Crippen molar-refractivity contribution in [3.8, 4) is 0 Å². The second-order valence-electron chi connectivity index (χ2n) is 7.70. The zero-order valence-electron chi connectivity index (χ0n) is 20.2. The van der Waals surface area contributed by atoms with Crippen LogP contribution in [0.5, 0.6) is 0 Å². The molecule has 0 unspecified atom stereocenters. The Bertz CT molecular complexity index is 992. The first-order chi connectivity index (χ1) is 17.8. The molecule has 0 spiro atoms. The van der Waals surface area contributed by atoms with E-state index in [0.29, 0.717) is 17.5 Å². The van der Waals surface area contributed by atoms with Crippen LogP contribution in [0.1, 0.15) is 27.1 Å². The lowest BCUT2D eigenvalue weighted by molar-refractivity contribution is -0.125. The summed E-state index contributed by atoms with van der Waals surface area (Å²) in [4.78, 5) is 70.9. The molecular formula is C25H30N6O6. The number of hydrogen-bond acceptors (Lipinski definition) is 6. The minimum Gasteiger partial charge on any atom is -0.355 e. The monoisotopic (exact) mass is 510 g/mol. The third-order valence-corrected chi connectivity index (χ3v) is 4.78. The summed E-state index contributed by atoms with van der Waals surface area (Å²) in [5.74, 6) is -2.63. The molecule has 0 radical (unpaired) electrons. The van der Waals surface area contributed by atoms with E-state index < -0.39 is 35.4 Å². The van der Waals surface area contributed by atoms with E-state index in [0.717, 1.165) is 0 Å². The van der Waals surface area contributed by atoms with Gasteiger partial charge < -0.3 is 31.9 Å². The minimum atomic E-state index is -0.506. The summed E-state index contributed by atoms with van der Waals surface area (Å²) in [6, 6.07) is 16.9. The fourth-order valence-electron chi connectivity index (χ4n) is 2.86. The number of benzene rings is 2. The van der Waals surface area contributed by atoms with E-state index >= 15 is 0 Å². The molecule has 0 bridgehead atoms. The molecule has 0 atom stereocenters. The van der Waals surface area contributed by atoms with Gasteiger partial charge >= 0.3 is 0 Å². The second kappa shape index (κ2) is 16.0. The summed E-state index contributed by atoms with van der Waals surface area (Å²) in [7, 11) is 0. The standard InChI is InChI=1S/C25H30N6O6/c32-20(14-28-22(34)16-30-24(36)18-8-3-1-4-9-18)26-12-7-13-27-21(33)15-29-23(35)17-31-25(37)19-10-5-2-6-11-19/h1-6,8-11H,7,12-17H2,(H,26,32)(H,27,33)(H,28,34)(H,29,35)(H,30,36)(H,31,37). The molecule has 196 valence electrons. The van der Waals surface area contributed by atoms with Gasteiger partial charge in [0.15, 0.2) is 0 Å². The van der Waals surface area contributed by atoms with Crippen LogP contribution in [0.4, 0.5) is 0 Å². The zero-order valence-corrected chi connectivity index (χ0v) is 20.2. The Labute approximate surface area is 214 Å². The highest BCUT2D eigenvalue weighted by Gasteiger charge is 2.10. The van der Waals surface area contributed by atoms with E-state index in [1.807, 2.05) is 0 Å². The molecule has 12 heteroatoms. The van der Waals surface area contributed by atoms with Crippen molar-refractivity contribution in [2.75, 3.05) is 39.3 Å². The number of hydrogen-bond donors (Lipinski definition) is 6. The molecule has 2 aromatic rings. The Morgan fingerprint density at radius 2 is 0.757 bits per heavy atom. The van der Waals surface area contributed by atoms with Crippen LogP contribution in [0.25, 0.3) is 0 Å². The van der Waals surface area contributed by atoms with E-state index in [-0.39, 0.29) is 39.3 Å². The molecule has 0 fully saturated rings. The lowest BCUT2D eigenvalue weighted by Gasteiger charge is -2.09. The maximum atomic E-state index is 11.9. The molecular weight excluding hydrogens is 480 g/mol. The highest BCUT2D eigenvalue weighted by atomic mass is 16.2. The number of amides is 6. The first-order valence-electron chi connectivity index (χ1n) is 11.6. The summed E-state index contributed by atoms with van der Waals surface area (Å²) in [5, 5.41) is 14.9. The molecule has 2 rings (SSSR count). The Morgan fingerprint density at radius 3 is 1.14 bits per heavy atom. The van der Waals surface area contributed by atoms with Crippen molar-refractivity contribution in [2.24, 2.45) is 0 Å². The van der Waals surface area contributed by atoms with Gasteiger partial charge in [-0.3, -0.25) is 28.8 Å². The fourth-order valence-corrected chi connectivity index (χ4v) is 2.86. The number of rotatable bonds is 14. The molecule has 12 nitrogen and oxygen atoms in total. The predicted molar refractivity (Wildman–Crippen MR) is 134 cm³/mol. The Balaban J connectivity index is 1.46. The lowest BCUT2D eigenvalue weighted by Crippen LogP contribution is -2.43. The fraction of sp³-hybridized carbons (Fsp3) is 0.280. The smallest absolute Gasteiger partial charge is 0.251 e. The normalized spacial score (nSPS) is 9.95. The number of nitrogens with one attached hydrogen (secondary N) is 6. The summed E-state index contributed by atoms with van der Waals surface area (Å²) < 4.78 is 0. The molecule has 0 aliphatic heterocycles. The number of carbonyl (C=O) groups excluding carboxylic acids is 6. The van der Waals surface area contributed by atoms with Gasteiger partial charge in [0.05, 0.1) is 26.2 Å². The van der Waals surface area contributed by atoms with Crippen LogP contribution in [-0.2, 0) is 19.2 Å². The lowest BCUT2D eigenvalue weighted by atomic mass is 10.2. The molecule has 37 heavy (non-hydrogen) atoms. The van der Waals surface area contributed by atoms with Crippen molar-refractivity contribution >= 4 is 35.4 Å². The Hall–Kier alpha value is -4.74. The average Bonchev–Trinajstić information content (AvgIpc) is 2.93. The van der Waals surface area contributed by atoms with E-state index in [2.05, 4.69) is 31.9 Å². The molecule has 0 aliphatic rings. The molecule has 6 amide bonds. The van der Waals surface area contributed by atoms with Gasteiger partial charge in [-0.1, -0.05) is 36.4 Å². The third-order valence-electron chi connectivity index (χ3n) is 4.78. The van der Waals surface area contributed by atoms with Gasteiger partial charge in [-0.05, 0) is 30.7 Å². The first kappa shape index (κ1) is 28.5. The highest BCUT2D eigenvalue weighted by molar-refractivity contribution is 5.97. The maximum Gasteiger partial charge on any atom is 0.251 e. The first-order valence-corrected chi connectivity index (χ1v) is 11.6. The van der Waals surface area contributed by atoms with Gasteiger partial charge in [0.1, 0.15) is 0 Å². The Morgan fingerprint density at radius 1 is 0.432 bits per heavy atom. The van der Waals surface area contributed by atoms with Crippen molar-refractivity contribution < 1.29 is 28.8 Å². The predicted octanol–water partition coefficient (Wildman–Crippen LogP) is -1.30. The van der Waals surface area contributed by atoms with Crippen molar-refractivity contribution in [3.63, 3.8) is 0 Å². The topological polar surface area (TPSA) is 175 Å². The molecule has 0 heterocycles. The zero-order chi connectivity index (χ0) is 26.9. The third kappa shape index (κ3) is 12.0. The van der Waals surface area contributed by atoms with Crippen molar-refractivity contribution in [3.05, 3.63) is 71.8 Å². The van der Waals surface area contributed by atoms with Crippen LogP contribution in [0.2, 0.25) is 0 Å². The van der Waals surface area contributed by atoms with Crippen LogP contribution in [0.15, 0.2) is 60.7 Å². The Kier molecular flexibility index (Phi) is 12.3. The maximum absolute atomic E-state index is 11.9. The van der Waals surface area contributed by atoms with Crippen LogP contribution in [-0.4, -0.2) is 74.7 Å². The van der Waals surface area contributed by atoms with Crippen molar-refractivity contribution in [1.29, 1.82) is 0 Å². The molecule has 0 saturated carbocycles.